The fourth-order valence-electron chi connectivity index (χ4n) is 1.30. The van der Waals surface area contributed by atoms with E-state index < -0.39 is 0 Å². The zero-order chi connectivity index (χ0) is 7.14. The predicted molar refractivity (Wildman–Crippen MR) is 38.5 cm³/mol. The summed E-state index contributed by atoms with van der Waals surface area (Å²) in [5.41, 5.74) is 6.96. The van der Waals surface area contributed by atoms with Gasteiger partial charge in [-0.05, 0) is 12.5 Å². The monoisotopic (exact) mass is 137 g/mol. The Hall–Kier alpha value is -0.830. The van der Waals surface area contributed by atoms with Crippen LogP contribution in [0.2, 0.25) is 0 Å². The van der Waals surface area contributed by atoms with Gasteiger partial charge in [-0.3, -0.25) is 4.68 Å². The van der Waals surface area contributed by atoms with E-state index in [0.717, 1.165) is 6.42 Å². The lowest BCUT2D eigenvalue weighted by atomic mass is 10.3. The van der Waals surface area contributed by atoms with Gasteiger partial charge in [-0.1, -0.05) is 0 Å². The zero-order valence-corrected chi connectivity index (χ0v) is 5.99. The topological polar surface area (TPSA) is 43.8 Å². The van der Waals surface area contributed by atoms with Gasteiger partial charge in [0, 0.05) is 30.9 Å². The van der Waals surface area contributed by atoms with Crippen LogP contribution in [0.5, 0.6) is 0 Å². The Morgan fingerprint density at radius 1 is 1.80 bits per heavy atom. The molecule has 1 aliphatic carbocycles. The van der Waals surface area contributed by atoms with Crippen LogP contribution >= 0.6 is 0 Å². The van der Waals surface area contributed by atoms with Crippen molar-refractivity contribution in [3.63, 3.8) is 0 Å². The molecule has 10 heavy (non-hydrogen) atoms. The Labute approximate surface area is 59.8 Å². The van der Waals surface area contributed by atoms with Crippen molar-refractivity contribution in [2.45, 2.75) is 18.4 Å². The van der Waals surface area contributed by atoms with Gasteiger partial charge in [-0.2, -0.15) is 5.10 Å². The van der Waals surface area contributed by atoms with Crippen LogP contribution < -0.4 is 5.73 Å². The van der Waals surface area contributed by atoms with Crippen molar-refractivity contribution < 1.29 is 0 Å². The van der Waals surface area contributed by atoms with Crippen molar-refractivity contribution in [2.24, 2.45) is 12.8 Å². The third kappa shape index (κ3) is 0.743. The van der Waals surface area contributed by atoms with Gasteiger partial charge in [0.25, 0.3) is 0 Å². The first-order valence-electron chi connectivity index (χ1n) is 3.52. The van der Waals surface area contributed by atoms with Gasteiger partial charge in [-0.25, -0.2) is 0 Å². The minimum atomic E-state index is 0.385. The molecule has 0 unspecified atom stereocenters. The molecule has 0 bridgehead atoms. The summed E-state index contributed by atoms with van der Waals surface area (Å²) in [4.78, 5) is 0. The molecule has 0 saturated heterocycles. The molecule has 3 nitrogen and oxygen atoms in total. The van der Waals surface area contributed by atoms with Crippen LogP contribution in [0.15, 0.2) is 12.3 Å². The molecule has 1 heterocycles. The van der Waals surface area contributed by atoms with Crippen LogP contribution in [0.4, 0.5) is 0 Å². The highest BCUT2D eigenvalue weighted by Gasteiger charge is 2.36. The lowest BCUT2D eigenvalue weighted by molar-refractivity contribution is 0.707. The molecule has 2 rings (SSSR count). The van der Waals surface area contributed by atoms with Crippen LogP contribution in [0.1, 0.15) is 18.0 Å². The Morgan fingerprint density at radius 2 is 2.50 bits per heavy atom. The van der Waals surface area contributed by atoms with Crippen molar-refractivity contribution in [1.82, 2.24) is 9.78 Å². The number of aryl methyl sites for hydroxylation is 1. The highest BCUT2D eigenvalue weighted by molar-refractivity contribution is 5.19. The molecule has 0 spiro atoms. The second kappa shape index (κ2) is 1.83. The zero-order valence-electron chi connectivity index (χ0n) is 5.99. The molecule has 0 amide bonds. The first-order chi connectivity index (χ1) is 4.79. The van der Waals surface area contributed by atoms with Crippen LogP contribution in [-0.4, -0.2) is 15.8 Å². The number of hydrogen-bond acceptors (Lipinski definition) is 2. The summed E-state index contributed by atoms with van der Waals surface area (Å²) in [6, 6.07) is 2.42. The van der Waals surface area contributed by atoms with Crippen molar-refractivity contribution >= 4 is 0 Å². The number of nitrogens with two attached hydrogens (primary N) is 1. The van der Waals surface area contributed by atoms with E-state index in [2.05, 4.69) is 5.10 Å². The number of aromatic nitrogens is 2. The van der Waals surface area contributed by atoms with Gasteiger partial charge in [0.15, 0.2) is 0 Å². The first kappa shape index (κ1) is 5.92. The quantitative estimate of drug-likeness (QED) is 0.602. The van der Waals surface area contributed by atoms with Gasteiger partial charge in [-0.15, -0.1) is 0 Å². The van der Waals surface area contributed by atoms with Crippen molar-refractivity contribution in [3.8, 4) is 0 Å². The summed E-state index contributed by atoms with van der Waals surface area (Å²) in [5.74, 6) is 0.576. The van der Waals surface area contributed by atoms with Crippen LogP contribution in [0.25, 0.3) is 0 Å². The van der Waals surface area contributed by atoms with Gasteiger partial charge < -0.3 is 5.73 Å². The Bertz CT molecular complexity index is 241. The molecule has 1 aromatic rings. The second-order valence-corrected chi connectivity index (χ2v) is 2.89. The molecule has 0 aromatic carbocycles. The SMILES string of the molecule is Cn1nccc1[C@H]1C[C@@H]1N. The molecule has 54 valence electrons. The third-order valence-corrected chi connectivity index (χ3v) is 2.08. The largest absolute Gasteiger partial charge is 0.327 e. The summed E-state index contributed by atoms with van der Waals surface area (Å²) in [7, 11) is 1.96. The fraction of sp³-hybridized carbons (Fsp3) is 0.571. The molecule has 1 fully saturated rings. The standard InChI is InChI=1S/C7H11N3/c1-10-7(2-3-9-10)5-4-6(5)8/h2-3,5-6H,4,8H2,1H3/t5-,6-/m0/s1. The van der Waals surface area contributed by atoms with Crippen LogP contribution in [0.3, 0.4) is 0 Å². The van der Waals surface area contributed by atoms with E-state index in [1.165, 1.54) is 5.69 Å². The number of nitrogens with zero attached hydrogens (tertiary/aromatic N) is 2. The Morgan fingerprint density at radius 3 is 2.90 bits per heavy atom. The molecule has 1 aliphatic rings. The molecule has 1 saturated carbocycles. The molecule has 3 heteroatoms. The van der Waals surface area contributed by atoms with Crippen molar-refractivity contribution in [2.75, 3.05) is 0 Å². The molecule has 2 N–H and O–H groups in total. The van der Waals surface area contributed by atoms with Crippen molar-refractivity contribution in [3.05, 3.63) is 18.0 Å². The van der Waals surface area contributed by atoms with E-state index in [4.69, 9.17) is 5.73 Å². The second-order valence-electron chi connectivity index (χ2n) is 2.89. The van der Waals surface area contributed by atoms with E-state index >= 15 is 0 Å². The molecule has 2 atom stereocenters. The van der Waals surface area contributed by atoms with Gasteiger partial charge in [0.05, 0.1) is 0 Å². The maximum Gasteiger partial charge on any atom is 0.0492 e. The van der Waals surface area contributed by atoms with Gasteiger partial charge >= 0.3 is 0 Å². The van der Waals surface area contributed by atoms with E-state index in [0.29, 0.717) is 12.0 Å². The summed E-state index contributed by atoms with van der Waals surface area (Å²) in [5, 5.41) is 4.07. The smallest absolute Gasteiger partial charge is 0.0492 e. The number of hydrogen-bond donors (Lipinski definition) is 1. The molecular formula is C7H11N3. The lowest BCUT2D eigenvalue weighted by Crippen LogP contribution is -2.04. The molecule has 0 radical (unpaired) electrons. The fourth-order valence-corrected chi connectivity index (χ4v) is 1.30. The minimum absolute atomic E-state index is 0.385. The molecule has 1 aromatic heterocycles. The summed E-state index contributed by atoms with van der Waals surface area (Å²) < 4.78 is 1.90. The predicted octanol–water partition coefficient (Wildman–Crippen LogP) is 0.235. The maximum atomic E-state index is 5.69. The highest BCUT2D eigenvalue weighted by atomic mass is 15.3. The van der Waals surface area contributed by atoms with E-state index in [1.807, 2.05) is 24.0 Å². The molecule has 0 aliphatic heterocycles. The van der Waals surface area contributed by atoms with Crippen LogP contribution in [-0.2, 0) is 7.05 Å². The van der Waals surface area contributed by atoms with Crippen molar-refractivity contribution in [1.29, 1.82) is 0 Å². The van der Waals surface area contributed by atoms with Gasteiger partial charge in [0.1, 0.15) is 0 Å². The third-order valence-electron chi connectivity index (χ3n) is 2.08. The average Bonchev–Trinajstić information content (AvgIpc) is 2.42. The first-order valence-corrected chi connectivity index (χ1v) is 3.52. The minimum Gasteiger partial charge on any atom is -0.327 e. The summed E-state index contributed by atoms with van der Waals surface area (Å²) in [6.07, 6.45) is 2.94. The summed E-state index contributed by atoms with van der Waals surface area (Å²) in [6.45, 7) is 0. The van der Waals surface area contributed by atoms with E-state index in [-0.39, 0.29) is 0 Å². The van der Waals surface area contributed by atoms with Gasteiger partial charge in [0.2, 0.25) is 0 Å². The summed E-state index contributed by atoms with van der Waals surface area (Å²) >= 11 is 0. The van der Waals surface area contributed by atoms with Crippen LogP contribution in [0, 0.1) is 0 Å². The maximum absolute atomic E-state index is 5.69. The van der Waals surface area contributed by atoms with E-state index in [1.54, 1.807) is 0 Å². The Balaban J connectivity index is 2.26. The molecular weight excluding hydrogens is 126 g/mol. The average molecular weight is 137 g/mol. The van der Waals surface area contributed by atoms with E-state index in [9.17, 15) is 0 Å². The highest BCUT2D eigenvalue weighted by Crippen LogP contribution is 2.38. The normalized spacial score (nSPS) is 30.6. The number of rotatable bonds is 1. The lowest BCUT2D eigenvalue weighted by Gasteiger charge is -1.96. The Kier molecular flexibility index (Phi) is 1.08.